The maximum absolute atomic E-state index is 9.42. The van der Waals surface area contributed by atoms with Crippen LogP contribution in [-0.4, -0.2) is 21.1 Å². The average molecular weight is 420 g/mol. The second-order valence-electron chi connectivity index (χ2n) is 7.65. The fourth-order valence-corrected chi connectivity index (χ4v) is 4.82. The Morgan fingerprint density at radius 3 is 2.21 bits per heavy atom. The molecule has 0 saturated heterocycles. The van der Waals surface area contributed by atoms with Crippen molar-refractivity contribution < 1.29 is 5.11 Å². The Hall–Kier alpha value is 0.270. The number of thioether (sulfide) groups is 1. The third-order valence-electron chi connectivity index (χ3n) is 5.78. The zero-order valence-corrected chi connectivity index (χ0v) is 19.0. The molecule has 0 aliphatic heterocycles. The van der Waals surface area contributed by atoms with Crippen molar-refractivity contribution in [2.75, 3.05) is 12.4 Å². The lowest BCUT2D eigenvalue weighted by Crippen LogP contribution is -2.42. The fraction of sp³-hybridized carbons (Fsp3) is 0.810. The summed E-state index contributed by atoms with van der Waals surface area (Å²) in [5, 5.41) is 9.42. The molecule has 24 heavy (non-hydrogen) atoms. The van der Waals surface area contributed by atoms with Gasteiger partial charge in [0.15, 0.2) is 0 Å². The number of allylic oxidation sites excluding steroid dienone is 2. The van der Waals surface area contributed by atoms with Gasteiger partial charge in [0.1, 0.15) is 0 Å². The zero-order valence-electron chi connectivity index (χ0n) is 16.6. The first-order chi connectivity index (χ1) is 11.1. The summed E-state index contributed by atoms with van der Waals surface area (Å²) < 4.78 is 0.104. The lowest BCUT2D eigenvalue weighted by atomic mass is 9.58. The molecule has 0 bridgehead atoms. The summed E-state index contributed by atoms with van der Waals surface area (Å²) in [7, 11) is 0. The van der Waals surface area contributed by atoms with Crippen LogP contribution in [0.15, 0.2) is 24.8 Å². The fourth-order valence-electron chi connectivity index (χ4n) is 3.19. The van der Waals surface area contributed by atoms with Gasteiger partial charge in [0, 0.05) is 12.4 Å². The highest BCUT2D eigenvalue weighted by atomic mass is 79.9. The molecule has 1 N–H and O–H groups in total. The van der Waals surface area contributed by atoms with Crippen LogP contribution in [0.4, 0.5) is 0 Å². The van der Waals surface area contributed by atoms with E-state index in [9.17, 15) is 5.11 Å². The first kappa shape index (κ1) is 24.3. The van der Waals surface area contributed by atoms with Crippen LogP contribution in [-0.2, 0) is 0 Å². The number of hydrogen-bond acceptors (Lipinski definition) is 2. The largest absolute Gasteiger partial charge is 0.396 e. The zero-order chi connectivity index (χ0) is 18.9. The van der Waals surface area contributed by atoms with Gasteiger partial charge < -0.3 is 5.11 Å². The highest BCUT2D eigenvalue weighted by Crippen LogP contribution is 2.54. The highest BCUT2D eigenvalue weighted by Gasteiger charge is 2.45. The Morgan fingerprint density at radius 2 is 1.75 bits per heavy atom. The van der Waals surface area contributed by atoms with Gasteiger partial charge in [0.2, 0.25) is 0 Å². The predicted molar refractivity (Wildman–Crippen MR) is 116 cm³/mol. The first-order valence-electron chi connectivity index (χ1n) is 9.38. The average Bonchev–Trinajstić information content (AvgIpc) is 2.57. The van der Waals surface area contributed by atoms with Crippen LogP contribution < -0.4 is 0 Å². The van der Waals surface area contributed by atoms with Crippen molar-refractivity contribution in [3.8, 4) is 0 Å². The van der Waals surface area contributed by atoms with Crippen molar-refractivity contribution in [1.29, 1.82) is 0 Å². The maximum Gasteiger partial charge on any atom is 0.0678 e. The maximum atomic E-state index is 9.42. The lowest BCUT2D eigenvalue weighted by Gasteiger charge is -2.49. The molecular weight excluding hydrogens is 380 g/mol. The molecule has 0 saturated carbocycles. The second kappa shape index (κ2) is 11.1. The van der Waals surface area contributed by atoms with Crippen molar-refractivity contribution in [3.05, 3.63) is 24.8 Å². The summed E-state index contributed by atoms with van der Waals surface area (Å²) in [4.78, 5) is 0. The van der Waals surface area contributed by atoms with Crippen LogP contribution in [0.25, 0.3) is 0 Å². The smallest absolute Gasteiger partial charge is 0.0678 e. The first-order valence-corrected chi connectivity index (χ1v) is 11.2. The summed E-state index contributed by atoms with van der Waals surface area (Å²) in [5.74, 6) is 1.05. The second-order valence-corrected chi connectivity index (χ2v) is 11.4. The minimum Gasteiger partial charge on any atom is -0.396 e. The van der Waals surface area contributed by atoms with Gasteiger partial charge in [-0.1, -0.05) is 82.1 Å². The van der Waals surface area contributed by atoms with E-state index in [0.29, 0.717) is 0 Å². The van der Waals surface area contributed by atoms with Crippen molar-refractivity contribution in [3.63, 3.8) is 0 Å². The van der Waals surface area contributed by atoms with Gasteiger partial charge in [-0.2, -0.15) is 0 Å². The van der Waals surface area contributed by atoms with Gasteiger partial charge in [-0.3, -0.25) is 0 Å². The van der Waals surface area contributed by atoms with Gasteiger partial charge in [-0.05, 0) is 49.0 Å². The van der Waals surface area contributed by atoms with Gasteiger partial charge >= 0.3 is 0 Å². The van der Waals surface area contributed by atoms with Gasteiger partial charge in [0.25, 0.3) is 0 Å². The number of halogens is 1. The van der Waals surface area contributed by atoms with Crippen molar-refractivity contribution >= 4 is 27.7 Å². The monoisotopic (exact) mass is 418 g/mol. The molecule has 0 amide bonds. The number of rotatable bonds is 14. The summed E-state index contributed by atoms with van der Waals surface area (Å²) in [6.45, 7) is 20.1. The van der Waals surface area contributed by atoms with E-state index in [1.165, 1.54) is 19.3 Å². The molecule has 3 atom stereocenters. The van der Waals surface area contributed by atoms with E-state index in [-0.39, 0.29) is 21.1 Å². The third-order valence-corrected chi connectivity index (χ3v) is 8.70. The minimum absolute atomic E-state index is 0.0168. The number of hydrogen-bond donors (Lipinski definition) is 1. The van der Waals surface area contributed by atoms with Gasteiger partial charge in [-0.25, -0.2) is 0 Å². The topological polar surface area (TPSA) is 20.2 Å². The van der Waals surface area contributed by atoms with E-state index in [4.69, 9.17) is 0 Å². The minimum atomic E-state index is 0.0168. The molecule has 1 nitrogen and oxygen atoms in total. The Bertz CT molecular complexity index is 393. The predicted octanol–water partition coefficient (Wildman–Crippen LogP) is 7.35. The van der Waals surface area contributed by atoms with Crippen LogP contribution in [0.2, 0.25) is 0 Å². The van der Waals surface area contributed by atoms with Crippen LogP contribution in [0.3, 0.4) is 0 Å². The van der Waals surface area contributed by atoms with Crippen molar-refractivity contribution in [2.45, 2.75) is 83.2 Å². The van der Waals surface area contributed by atoms with Crippen LogP contribution in [0.1, 0.15) is 79.6 Å². The molecular formula is C21H39BrOS. The van der Waals surface area contributed by atoms with Crippen molar-refractivity contribution in [1.82, 2.24) is 0 Å². The molecule has 3 heteroatoms. The van der Waals surface area contributed by atoms with Crippen molar-refractivity contribution in [2.24, 2.45) is 10.8 Å². The molecule has 0 aromatic carbocycles. The molecule has 0 aromatic heterocycles. The molecule has 3 unspecified atom stereocenters. The molecule has 0 aliphatic carbocycles. The molecule has 142 valence electrons. The standard InChI is InChI=1S/C21H39BrOS/c1-8-11-12-15-20(6,18(4)9-2)19(5,14-13-16-23)17-24-21(7,22)10-3/h9,23H,2,4,8,10-17H2,1,3,5-7H3. The Balaban J connectivity index is 5.54. The van der Waals surface area contributed by atoms with E-state index in [1.807, 2.05) is 17.8 Å². The molecule has 0 aliphatic rings. The SMILES string of the molecule is C=CC(=C)C(C)(CCCCC)C(C)(CCCO)CSC(C)(Br)CC. The third kappa shape index (κ3) is 6.88. The van der Waals surface area contributed by atoms with Crippen LogP contribution in [0.5, 0.6) is 0 Å². The Kier molecular flexibility index (Phi) is 11.2. The van der Waals surface area contributed by atoms with E-state index in [1.54, 1.807) is 0 Å². The molecule has 0 rings (SSSR count). The van der Waals surface area contributed by atoms with Gasteiger partial charge in [0.05, 0.1) is 3.66 Å². The Labute approximate surface area is 163 Å². The summed E-state index contributed by atoms with van der Waals surface area (Å²) in [5.41, 5.74) is 1.25. The molecule has 0 spiro atoms. The number of aliphatic hydroxyl groups excluding tert-OH is 1. The van der Waals surface area contributed by atoms with Crippen LogP contribution >= 0.6 is 27.7 Å². The molecule has 0 radical (unpaired) electrons. The van der Waals surface area contributed by atoms with E-state index < -0.39 is 0 Å². The highest BCUT2D eigenvalue weighted by molar-refractivity contribution is 9.11. The number of unbranched alkanes of at least 4 members (excludes halogenated alkanes) is 2. The van der Waals surface area contributed by atoms with E-state index >= 15 is 0 Å². The number of alkyl halides is 1. The molecule has 0 heterocycles. The molecule has 0 aromatic rings. The summed E-state index contributed by atoms with van der Waals surface area (Å²) in [6, 6.07) is 0. The quantitative estimate of drug-likeness (QED) is 0.180. The normalized spacial score (nSPS) is 19.1. The lowest BCUT2D eigenvalue weighted by molar-refractivity contribution is 0.101. The van der Waals surface area contributed by atoms with E-state index in [2.05, 4.69) is 63.7 Å². The molecule has 0 fully saturated rings. The van der Waals surface area contributed by atoms with E-state index in [0.717, 1.165) is 37.0 Å². The number of aliphatic hydroxyl groups is 1. The summed E-state index contributed by atoms with van der Waals surface area (Å²) in [6.07, 6.45) is 9.73. The van der Waals surface area contributed by atoms with Crippen LogP contribution in [0, 0.1) is 10.8 Å². The Morgan fingerprint density at radius 1 is 1.12 bits per heavy atom. The summed E-state index contributed by atoms with van der Waals surface area (Å²) >= 11 is 5.85. The van der Waals surface area contributed by atoms with Gasteiger partial charge in [-0.15, -0.1) is 11.8 Å².